The van der Waals surface area contributed by atoms with E-state index in [1.54, 1.807) is 11.9 Å². The third-order valence-electron chi connectivity index (χ3n) is 1.59. The Balaban J connectivity index is 3.01. The second-order valence-electron chi connectivity index (χ2n) is 2.62. The number of likely N-dealkylation sites (N-methyl/N-ethyl adjacent to an activating group) is 1. The first-order chi connectivity index (χ1) is 6.13. The molecule has 13 heavy (non-hydrogen) atoms. The van der Waals surface area contributed by atoms with Crippen LogP contribution in [0.1, 0.15) is 0 Å². The van der Waals surface area contributed by atoms with E-state index in [0.29, 0.717) is 12.4 Å². The van der Waals surface area contributed by atoms with Crippen molar-refractivity contribution in [2.45, 2.75) is 0 Å². The van der Waals surface area contributed by atoms with Crippen molar-refractivity contribution in [1.82, 2.24) is 9.97 Å². The van der Waals surface area contributed by atoms with Crippen LogP contribution in [0.5, 0.6) is 0 Å². The van der Waals surface area contributed by atoms with E-state index in [4.69, 9.17) is 5.11 Å². The molecule has 0 saturated heterocycles. The van der Waals surface area contributed by atoms with E-state index in [2.05, 4.69) is 9.97 Å². The van der Waals surface area contributed by atoms with Gasteiger partial charge in [0, 0.05) is 19.7 Å². The summed E-state index contributed by atoms with van der Waals surface area (Å²) in [7, 11) is 1.67. The van der Waals surface area contributed by atoms with Crippen LogP contribution in [0.2, 0.25) is 0 Å². The van der Waals surface area contributed by atoms with E-state index in [9.17, 15) is 9.59 Å². The van der Waals surface area contributed by atoms with E-state index in [1.807, 2.05) is 0 Å². The third-order valence-corrected chi connectivity index (χ3v) is 1.59. The summed E-state index contributed by atoms with van der Waals surface area (Å²) in [5, 5.41) is 8.62. The monoisotopic (exact) mass is 185 g/mol. The topological polar surface area (TPSA) is 89.2 Å². The van der Waals surface area contributed by atoms with Gasteiger partial charge in [0.1, 0.15) is 5.82 Å². The Bertz CT molecular complexity index is 353. The van der Waals surface area contributed by atoms with Gasteiger partial charge in [0.05, 0.1) is 6.61 Å². The van der Waals surface area contributed by atoms with E-state index in [1.165, 1.54) is 6.07 Å². The maximum Gasteiger partial charge on any atom is 0.327 e. The van der Waals surface area contributed by atoms with Gasteiger partial charge >= 0.3 is 5.69 Å². The summed E-state index contributed by atoms with van der Waals surface area (Å²) in [6.45, 7) is 0.324. The van der Waals surface area contributed by atoms with Crippen LogP contribution in [0.4, 0.5) is 5.82 Å². The van der Waals surface area contributed by atoms with E-state index >= 15 is 0 Å². The molecule has 1 heterocycles. The highest BCUT2D eigenvalue weighted by Gasteiger charge is 2.01. The predicted molar refractivity (Wildman–Crippen MR) is 48.0 cm³/mol. The molecule has 0 aromatic carbocycles. The normalized spacial score (nSPS) is 10.0. The van der Waals surface area contributed by atoms with Crippen LogP contribution in [0.3, 0.4) is 0 Å². The Morgan fingerprint density at radius 3 is 2.69 bits per heavy atom. The molecule has 0 aliphatic carbocycles. The number of H-pyrrole nitrogens is 2. The number of aromatic amines is 2. The molecule has 0 unspecified atom stereocenters. The van der Waals surface area contributed by atoms with Crippen LogP contribution < -0.4 is 16.1 Å². The fourth-order valence-electron chi connectivity index (χ4n) is 0.932. The van der Waals surface area contributed by atoms with Crippen LogP contribution in [0, 0.1) is 0 Å². The Labute approximate surface area is 73.8 Å². The molecule has 6 heteroatoms. The smallest absolute Gasteiger partial charge is 0.327 e. The van der Waals surface area contributed by atoms with Crippen molar-refractivity contribution in [3.05, 3.63) is 26.9 Å². The fraction of sp³-hybridized carbons (Fsp3) is 0.429. The standard InChI is InChI=1S/C7H11N3O3/c1-10(2-3-11)5-4-6(12)9-7(13)8-5/h4,11H,2-3H2,1H3,(H2,8,9,12,13). The minimum absolute atomic E-state index is 0.0364. The molecule has 0 amide bonds. The van der Waals surface area contributed by atoms with Crippen LogP contribution >= 0.6 is 0 Å². The van der Waals surface area contributed by atoms with Crippen molar-refractivity contribution in [3.8, 4) is 0 Å². The molecule has 3 N–H and O–H groups in total. The lowest BCUT2D eigenvalue weighted by molar-refractivity contribution is 0.304. The highest BCUT2D eigenvalue weighted by atomic mass is 16.3. The highest BCUT2D eigenvalue weighted by molar-refractivity contribution is 5.34. The molecule has 0 saturated carbocycles. The van der Waals surface area contributed by atoms with Gasteiger partial charge in [-0.3, -0.25) is 14.8 Å². The van der Waals surface area contributed by atoms with Crippen LogP contribution in [-0.2, 0) is 0 Å². The minimum Gasteiger partial charge on any atom is -0.395 e. The highest BCUT2D eigenvalue weighted by Crippen LogP contribution is 1.99. The summed E-state index contributed by atoms with van der Waals surface area (Å²) in [4.78, 5) is 27.7. The van der Waals surface area contributed by atoms with E-state index in [0.717, 1.165) is 0 Å². The molecule has 0 atom stereocenters. The second kappa shape index (κ2) is 3.90. The van der Waals surface area contributed by atoms with Gasteiger partial charge in [-0.25, -0.2) is 4.79 Å². The lowest BCUT2D eigenvalue weighted by Crippen LogP contribution is -2.29. The number of rotatable bonds is 3. The van der Waals surface area contributed by atoms with Gasteiger partial charge in [0.25, 0.3) is 5.56 Å². The van der Waals surface area contributed by atoms with Crippen molar-refractivity contribution >= 4 is 5.82 Å². The number of anilines is 1. The maximum absolute atomic E-state index is 10.9. The fourth-order valence-corrected chi connectivity index (χ4v) is 0.932. The molecule has 0 aliphatic rings. The molecular formula is C7H11N3O3. The molecule has 0 spiro atoms. The van der Waals surface area contributed by atoms with Crippen molar-refractivity contribution in [3.63, 3.8) is 0 Å². The van der Waals surface area contributed by atoms with Crippen LogP contribution in [-0.4, -0.2) is 35.3 Å². The number of hydrogen-bond acceptors (Lipinski definition) is 4. The summed E-state index contributed by atoms with van der Waals surface area (Å²) in [6.07, 6.45) is 0. The molecule has 1 aromatic rings. The zero-order chi connectivity index (χ0) is 9.84. The van der Waals surface area contributed by atoms with E-state index in [-0.39, 0.29) is 6.61 Å². The molecule has 0 aliphatic heterocycles. The summed E-state index contributed by atoms with van der Waals surface area (Å²) < 4.78 is 0. The van der Waals surface area contributed by atoms with Gasteiger partial charge in [0.2, 0.25) is 0 Å². The summed E-state index contributed by atoms with van der Waals surface area (Å²) >= 11 is 0. The average Bonchev–Trinajstić information content (AvgIpc) is 2.03. The molecule has 1 rings (SSSR count). The maximum atomic E-state index is 10.9. The zero-order valence-electron chi connectivity index (χ0n) is 7.20. The first kappa shape index (κ1) is 9.53. The summed E-state index contributed by atoms with van der Waals surface area (Å²) in [6, 6.07) is 1.26. The molecule has 6 nitrogen and oxygen atoms in total. The van der Waals surface area contributed by atoms with Gasteiger partial charge in [-0.15, -0.1) is 0 Å². The Kier molecular flexibility index (Phi) is 2.86. The Morgan fingerprint density at radius 2 is 2.15 bits per heavy atom. The Morgan fingerprint density at radius 1 is 1.46 bits per heavy atom. The van der Waals surface area contributed by atoms with Crippen LogP contribution in [0.25, 0.3) is 0 Å². The number of hydrogen-bond donors (Lipinski definition) is 3. The van der Waals surface area contributed by atoms with Crippen LogP contribution in [0.15, 0.2) is 15.7 Å². The quantitative estimate of drug-likeness (QED) is 0.534. The van der Waals surface area contributed by atoms with Crippen molar-refractivity contribution in [1.29, 1.82) is 0 Å². The first-order valence-electron chi connectivity index (χ1n) is 3.79. The lowest BCUT2D eigenvalue weighted by Gasteiger charge is -2.15. The summed E-state index contributed by atoms with van der Waals surface area (Å²) in [5.74, 6) is 0.391. The zero-order valence-corrected chi connectivity index (χ0v) is 7.20. The number of nitrogens with one attached hydrogen (secondary N) is 2. The first-order valence-corrected chi connectivity index (χ1v) is 3.79. The molecule has 0 bridgehead atoms. The largest absolute Gasteiger partial charge is 0.395 e. The second-order valence-corrected chi connectivity index (χ2v) is 2.62. The van der Waals surface area contributed by atoms with E-state index < -0.39 is 11.2 Å². The van der Waals surface area contributed by atoms with Gasteiger partial charge in [-0.05, 0) is 0 Å². The number of aliphatic hydroxyl groups excluding tert-OH is 1. The molecule has 1 aromatic heterocycles. The molecule has 72 valence electrons. The number of nitrogens with zero attached hydrogens (tertiary/aromatic N) is 1. The number of aliphatic hydroxyl groups is 1. The lowest BCUT2D eigenvalue weighted by atomic mass is 10.5. The predicted octanol–water partition coefficient (Wildman–Crippen LogP) is -1.51. The van der Waals surface area contributed by atoms with Gasteiger partial charge < -0.3 is 10.0 Å². The average molecular weight is 185 g/mol. The van der Waals surface area contributed by atoms with Gasteiger partial charge in [-0.1, -0.05) is 0 Å². The van der Waals surface area contributed by atoms with Crippen molar-refractivity contribution in [2.75, 3.05) is 25.1 Å². The number of aromatic nitrogens is 2. The molecular weight excluding hydrogens is 174 g/mol. The molecule has 0 radical (unpaired) electrons. The Hall–Kier alpha value is -1.56. The minimum atomic E-state index is -0.549. The van der Waals surface area contributed by atoms with Gasteiger partial charge in [-0.2, -0.15) is 0 Å². The SMILES string of the molecule is CN(CCO)c1cc(=O)[nH]c(=O)[nH]1. The van der Waals surface area contributed by atoms with Crippen molar-refractivity contribution < 1.29 is 5.11 Å². The third kappa shape index (κ3) is 2.45. The summed E-state index contributed by atoms with van der Waals surface area (Å²) in [5.41, 5.74) is -1.00. The molecule has 0 fully saturated rings. The van der Waals surface area contributed by atoms with Crippen molar-refractivity contribution in [2.24, 2.45) is 0 Å². The van der Waals surface area contributed by atoms with Gasteiger partial charge in [0.15, 0.2) is 0 Å².